The molecule has 0 bridgehead atoms. The fourth-order valence-corrected chi connectivity index (χ4v) is 11.3. The summed E-state index contributed by atoms with van der Waals surface area (Å²) in [6, 6.07) is 75.1. The zero-order valence-corrected chi connectivity index (χ0v) is 36.2. The van der Waals surface area contributed by atoms with Crippen LogP contribution in [0.4, 0.5) is 0 Å². The Bertz CT molecular complexity index is 3860. The van der Waals surface area contributed by atoms with Gasteiger partial charge in [-0.25, -0.2) is 0 Å². The molecule has 0 aliphatic rings. The molecule has 9 aromatic carbocycles. The van der Waals surface area contributed by atoms with Crippen molar-refractivity contribution in [1.29, 1.82) is 0 Å². The Balaban J connectivity index is 1.12. The number of thiophene rings is 1. The third kappa shape index (κ3) is 5.93. The van der Waals surface area contributed by atoms with E-state index < -0.39 is 0 Å². The number of benzene rings is 9. The van der Waals surface area contributed by atoms with E-state index in [9.17, 15) is 0 Å². The Labute approximate surface area is 376 Å². The summed E-state index contributed by atoms with van der Waals surface area (Å²) in [5, 5.41) is 7.46. The van der Waals surface area contributed by atoms with Gasteiger partial charge >= 0.3 is 0 Å². The molecule has 0 radical (unpaired) electrons. The van der Waals surface area contributed by atoms with Crippen LogP contribution in [0.25, 0.3) is 114 Å². The maximum Gasteiger partial charge on any atom is 0.0641 e. The molecule has 0 unspecified atom stereocenters. The average molecular weight is 835 g/mol. The van der Waals surface area contributed by atoms with Crippen molar-refractivity contribution in [1.82, 2.24) is 9.13 Å². The highest BCUT2D eigenvalue weighted by atomic mass is 32.1. The standard InChI is InChI=1S/C61H42N2S/c1-3-43(37-36-40(2)41-20-6-4-7-21-41)62-53-32-15-12-26-46(53)49-30-18-31-50(60(49)62)47-29-19-34-55-58(47)51-27-13-16-33-54(51)63(55)56-39-38-48(59-52-28-14-17-35-57(52)64-61(56)59)45-25-11-10-24-44(45)42-22-8-5-9-23-42/h3-39H,1H2,2H3/b40-36+,43-37+. The summed E-state index contributed by atoms with van der Waals surface area (Å²) < 4.78 is 7.48. The van der Waals surface area contributed by atoms with Gasteiger partial charge in [-0.2, -0.15) is 0 Å². The Morgan fingerprint density at radius 1 is 0.453 bits per heavy atom. The molecule has 0 N–H and O–H groups in total. The van der Waals surface area contributed by atoms with Gasteiger partial charge in [-0.3, -0.25) is 0 Å². The largest absolute Gasteiger partial charge is 0.309 e. The van der Waals surface area contributed by atoms with Gasteiger partial charge in [-0.15, -0.1) is 11.3 Å². The van der Waals surface area contributed by atoms with Gasteiger partial charge in [0, 0.05) is 48.3 Å². The molecule has 0 atom stereocenters. The first kappa shape index (κ1) is 37.8. The van der Waals surface area contributed by atoms with Crippen LogP contribution < -0.4 is 0 Å². The minimum atomic E-state index is 1.02. The minimum absolute atomic E-state index is 1.02. The van der Waals surface area contributed by atoms with E-state index in [1.165, 1.54) is 108 Å². The Morgan fingerprint density at radius 2 is 1.05 bits per heavy atom. The maximum absolute atomic E-state index is 4.38. The summed E-state index contributed by atoms with van der Waals surface area (Å²) >= 11 is 1.89. The molecular formula is C61H42N2S. The molecule has 12 aromatic rings. The van der Waals surface area contributed by atoms with E-state index in [2.05, 4.69) is 241 Å². The molecule has 64 heavy (non-hydrogen) atoms. The first-order chi connectivity index (χ1) is 31.7. The van der Waals surface area contributed by atoms with Gasteiger partial charge in [0.15, 0.2) is 0 Å². The summed E-state index contributed by atoms with van der Waals surface area (Å²) in [7, 11) is 0. The second-order valence-electron chi connectivity index (χ2n) is 16.5. The number of hydrogen-bond acceptors (Lipinski definition) is 1. The van der Waals surface area contributed by atoms with Crippen molar-refractivity contribution in [3.05, 3.63) is 237 Å². The van der Waals surface area contributed by atoms with Crippen molar-refractivity contribution in [2.45, 2.75) is 6.92 Å². The van der Waals surface area contributed by atoms with Crippen LogP contribution in [0.3, 0.4) is 0 Å². The minimum Gasteiger partial charge on any atom is -0.309 e. The van der Waals surface area contributed by atoms with Crippen molar-refractivity contribution in [3.63, 3.8) is 0 Å². The number of hydrogen-bond donors (Lipinski definition) is 0. The van der Waals surface area contributed by atoms with Crippen LogP contribution in [0, 0.1) is 0 Å². The van der Waals surface area contributed by atoms with Crippen LogP contribution in [0.15, 0.2) is 231 Å². The fourth-order valence-electron chi connectivity index (χ4n) is 10.1. The number of nitrogens with zero attached hydrogens (tertiary/aromatic N) is 2. The van der Waals surface area contributed by atoms with Crippen molar-refractivity contribution < 1.29 is 0 Å². The van der Waals surface area contributed by atoms with E-state index in [0.29, 0.717) is 0 Å². The molecule has 0 saturated heterocycles. The summed E-state index contributed by atoms with van der Waals surface area (Å²) in [5.41, 5.74) is 16.6. The smallest absolute Gasteiger partial charge is 0.0641 e. The summed E-state index contributed by atoms with van der Waals surface area (Å²) in [4.78, 5) is 0. The van der Waals surface area contributed by atoms with Crippen molar-refractivity contribution in [2.24, 2.45) is 0 Å². The Hall–Kier alpha value is -7.98. The zero-order valence-electron chi connectivity index (χ0n) is 35.4. The molecule has 3 heterocycles. The second-order valence-corrected chi connectivity index (χ2v) is 17.5. The lowest BCUT2D eigenvalue weighted by Crippen LogP contribution is -1.97. The Morgan fingerprint density at radius 3 is 1.86 bits per heavy atom. The SMILES string of the molecule is C=C/C(=C\C=C(/C)c1ccccc1)n1c2ccccc2c2cccc(-c3cccc4c3c3ccccc3n4-c3ccc(-c4ccccc4-c4ccccc4)c4c3sc3ccccc34)c21. The normalized spacial score (nSPS) is 12.4. The molecule has 12 rings (SSSR count). The lowest BCUT2D eigenvalue weighted by molar-refractivity contribution is 1.20. The van der Waals surface area contributed by atoms with Crippen LogP contribution in [-0.2, 0) is 0 Å². The molecule has 0 aliphatic heterocycles. The van der Waals surface area contributed by atoms with E-state index in [-0.39, 0.29) is 0 Å². The number of allylic oxidation sites excluding steroid dienone is 5. The lowest BCUT2D eigenvalue weighted by atomic mass is 9.91. The molecule has 2 nitrogen and oxygen atoms in total. The monoisotopic (exact) mass is 834 g/mol. The molecule has 0 amide bonds. The molecule has 0 saturated carbocycles. The molecule has 3 heteroatoms. The van der Waals surface area contributed by atoms with Crippen LogP contribution in [0.2, 0.25) is 0 Å². The first-order valence-corrected chi connectivity index (χ1v) is 22.7. The summed E-state index contributed by atoms with van der Waals surface area (Å²) in [5.74, 6) is 0. The number of aromatic nitrogens is 2. The van der Waals surface area contributed by atoms with Gasteiger partial charge in [0.1, 0.15) is 0 Å². The number of para-hydroxylation sites is 3. The van der Waals surface area contributed by atoms with E-state index in [1.54, 1.807) is 0 Å². The molecule has 0 spiro atoms. The number of fused-ring (bicyclic) bond motifs is 9. The van der Waals surface area contributed by atoms with Gasteiger partial charge in [0.25, 0.3) is 0 Å². The summed E-state index contributed by atoms with van der Waals surface area (Å²) in [6.07, 6.45) is 6.41. The third-order valence-electron chi connectivity index (χ3n) is 12.9. The van der Waals surface area contributed by atoms with E-state index >= 15 is 0 Å². The predicted molar refractivity (Wildman–Crippen MR) is 278 cm³/mol. The van der Waals surface area contributed by atoms with Gasteiger partial charge < -0.3 is 9.13 Å². The van der Waals surface area contributed by atoms with E-state index in [1.807, 2.05) is 17.4 Å². The second kappa shape index (κ2) is 15.4. The zero-order chi connectivity index (χ0) is 42.7. The van der Waals surface area contributed by atoms with Gasteiger partial charge in [0.2, 0.25) is 0 Å². The molecule has 3 aromatic heterocycles. The first-order valence-electron chi connectivity index (χ1n) is 21.9. The van der Waals surface area contributed by atoms with Gasteiger partial charge in [0.05, 0.1) is 32.5 Å². The van der Waals surface area contributed by atoms with E-state index in [4.69, 9.17) is 0 Å². The highest BCUT2D eigenvalue weighted by Crippen LogP contribution is 2.48. The molecule has 302 valence electrons. The van der Waals surface area contributed by atoms with Crippen LogP contribution >= 0.6 is 11.3 Å². The van der Waals surface area contributed by atoms with E-state index in [0.717, 1.165) is 11.2 Å². The lowest BCUT2D eigenvalue weighted by Gasteiger charge is -2.16. The summed E-state index contributed by atoms with van der Waals surface area (Å²) in [6.45, 7) is 6.55. The van der Waals surface area contributed by atoms with Crippen molar-refractivity contribution in [2.75, 3.05) is 0 Å². The average Bonchev–Trinajstić information content (AvgIpc) is 4.03. The van der Waals surface area contributed by atoms with Crippen molar-refractivity contribution in [3.8, 4) is 39.1 Å². The number of rotatable bonds is 8. The van der Waals surface area contributed by atoms with Gasteiger partial charge in [-0.1, -0.05) is 189 Å². The highest BCUT2D eigenvalue weighted by molar-refractivity contribution is 7.26. The quantitative estimate of drug-likeness (QED) is 0.135. The predicted octanol–water partition coefficient (Wildman–Crippen LogP) is 17.4. The topological polar surface area (TPSA) is 9.86 Å². The Kier molecular flexibility index (Phi) is 9.10. The highest BCUT2D eigenvalue weighted by Gasteiger charge is 2.24. The van der Waals surface area contributed by atoms with Crippen LogP contribution in [-0.4, -0.2) is 9.13 Å². The van der Waals surface area contributed by atoms with Crippen molar-refractivity contribution >= 4 is 86.4 Å². The molecule has 0 fully saturated rings. The fraction of sp³-hybridized carbons (Fsp3) is 0.0164. The van der Waals surface area contributed by atoms with Gasteiger partial charge in [-0.05, 0) is 88.4 Å². The third-order valence-corrected chi connectivity index (χ3v) is 14.1. The molecule has 0 aliphatic carbocycles. The molecular weight excluding hydrogens is 793 g/mol. The van der Waals surface area contributed by atoms with Crippen LogP contribution in [0.5, 0.6) is 0 Å². The maximum atomic E-state index is 4.38. The van der Waals surface area contributed by atoms with Crippen LogP contribution in [0.1, 0.15) is 12.5 Å².